The standard InChI is InChI=1S/C14H22ClNO3/c1-5-11(9-17-2)16-8-10-6-12(15)14(19-4)13(7-10)18-3/h6-7,11,16H,5,8-9H2,1-4H3. The molecule has 0 aliphatic heterocycles. The van der Waals surface area contributed by atoms with Crippen LogP contribution in [0.1, 0.15) is 18.9 Å². The topological polar surface area (TPSA) is 39.7 Å². The predicted molar refractivity (Wildman–Crippen MR) is 77.4 cm³/mol. The molecule has 1 N–H and O–H groups in total. The Morgan fingerprint density at radius 3 is 2.47 bits per heavy atom. The monoisotopic (exact) mass is 287 g/mol. The summed E-state index contributed by atoms with van der Waals surface area (Å²) < 4.78 is 15.6. The van der Waals surface area contributed by atoms with E-state index in [0.29, 0.717) is 35.7 Å². The maximum Gasteiger partial charge on any atom is 0.179 e. The van der Waals surface area contributed by atoms with Crippen LogP contribution in [0.5, 0.6) is 11.5 Å². The van der Waals surface area contributed by atoms with Crippen molar-refractivity contribution in [3.8, 4) is 11.5 Å². The zero-order chi connectivity index (χ0) is 14.3. The van der Waals surface area contributed by atoms with Crippen LogP contribution in [0.4, 0.5) is 0 Å². The van der Waals surface area contributed by atoms with Gasteiger partial charge < -0.3 is 19.5 Å². The SMILES string of the molecule is CCC(COC)NCc1cc(Cl)c(OC)c(OC)c1. The van der Waals surface area contributed by atoms with Crippen LogP contribution >= 0.6 is 11.6 Å². The van der Waals surface area contributed by atoms with Crippen molar-refractivity contribution in [3.63, 3.8) is 0 Å². The van der Waals surface area contributed by atoms with Gasteiger partial charge in [0.2, 0.25) is 0 Å². The van der Waals surface area contributed by atoms with Gasteiger partial charge in [0.25, 0.3) is 0 Å². The molecule has 1 rings (SSSR count). The van der Waals surface area contributed by atoms with Gasteiger partial charge in [-0.2, -0.15) is 0 Å². The molecule has 0 amide bonds. The summed E-state index contributed by atoms with van der Waals surface area (Å²) in [5.41, 5.74) is 1.05. The minimum atomic E-state index is 0.330. The lowest BCUT2D eigenvalue weighted by molar-refractivity contribution is 0.164. The molecule has 0 saturated carbocycles. The van der Waals surface area contributed by atoms with Crippen LogP contribution in [0.15, 0.2) is 12.1 Å². The number of halogens is 1. The molecule has 0 spiro atoms. The smallest absolute Gasteiger partial charge is 0.179 e. The first-order chi connectivity index (χ1) is 9.15. The maximum atomic E-state index is 6.17. The highest BCUT2D eigenvalue weighted by atomic mass is 35.5. The highest BCUT2D eigenvalue weighted by Gasteiger charge is 2.12. The molecule has 108 valence electrons. The van der Waals surface area contributed by atoms with Crippen molar-refractivity contribution < 1.29 is 14.2 Å². The van der Waals surface area contributed by atoms with Gasteiger partial charge in [-0.25, -0.2) is 0 Å². The molecule has 4 nitrogen and oxygen atoms in total. The fraction of sp³-hybridized carbons (Fsp3) is 0.571. The Bertz CT molecular complexity index is 399. The molecule has 0 fully saturated rings. The Balaban J connectivity index is 2.76. The summed E-state index contributed by atoms with van der Waals surface area (Å²) in [5.74, 6) is 1.21. The van der Waals surface area contributed by atoms with Gasteiger partial charge in [-0.15, -0.1) is 0 Å². The number of rotatable bonds is 8. The normalized spacial score (nSPS) is 12.3. The van der Waals surface area contributed by atoms with E-state index >= 15 is 0 Å². The van der Waals surface area contributed by atoms with Crippen molar-refractivity contribution in [2.45, 2.75) is 25.9 Å². The first-order valence-corrected chi connectivity index (χ1v) is 6.66. The van der Waals surface area contributed by atoms with E-state index in [1.54, 1.807) is 21.3 Å². The maximum absolute atomic E-state index is 6.17. The van der Waals surface area contributed by atoms with Gasteiger partial charge in [0, 0.05) is 19.7 Å². The average Bonchev–Trinajstić information content (AvgIpc) is 2.42. The number of hydrogen-bond donors (Lipinski definition) is 1. The van der Waals surface area contributed by atoms with Crippen molar-refractivity contribution >= 4 is 11.6 Å². The highest BCUT2D eigenvalue weighted by molar-refractivity contribution is 6.32. The minimum absolute atomic E-state index is 0.330. The molecule has 0 bridgehead atoms. The second kappa shape index (κ2) is 8.25. The fourth-order valence-electron chi connectivity index (χ4n) is 1.86. The third-order valence-electron chi connectivity index (χ3n) is 2.95. The number of benzene rings is 1. The molecule has 5 heteroatoms. The lowest BCUT2D eigenvalue weighted by Crippen LogP contribution is -2.32. The Labute approximate surface area is 120 Å². The van der Waals surface area contributed by atoms with Crippen LogP contribution in [0, 0.1) is 0 Å². The van der Waals surface area contributed by atoms with Crippen LogP contribution in [0.2, 0.25) is 5.02 Å². The molecule has 1 unspecified atom stereocenters. The first-order valence-electron chi connectivity index (χ1n) is 6.28. The molecule has 0 heterocycles. The molecular weight excluding hydrogens is 266 g/mol. The summed E-state index contributed by atoms with van der Waals surface area (Å²) >= 11 is 6.17. The van der Waals surface area contributed by atoms with Crippen molar-refractivity contribution in [2.24, 2.45) is 0 Å². The van der Waals surface area contributed by atoms with E-state index < -0.39 is 0 Å². The van der Waals surface area contributed by atoms with Gasteiger partial charge in [-0.05, 0) is 24.1 Å². The largest absolute Gasteiger partial charge is 0.493 e. The van der Waals surface area contributed by atoms with E-state index in [2.05, 4.69) is 12.2 Å². The molecule has 1 aromatic carbocycles. The molecule has 0 radical (unpaired) electrons. The predicted octanol–water partition coefficient (Wildman–Crippen LogP) is 2.87. The summed E-state index contributed by atoms with van der Waals surface area (Å²) in [5, 5.41) is 3.98. The molecule has 1 atom stereocenters. The quantitative estimate of drug-likeness (QED) is 0.798. The van der Waals surface area contributed by atoms with Crippen LogP contribution in [-0.4, -0.2) is 34.0 Å². The average molecular weight is 288 g/mol. The van der Waals surface area contributed by atoms with Gasteiger partial charge >= 0.3 is 0 Å². The number of nitrogens with one attached hydrogen (secondary N) is 1. The van der Waals surface area contributed by atoms with Gasteiger partial charge in [0.15, 0.2) is 11.5 Å². The second-order valence-corrected chi connectivity index (χ2v) is 4.66. The first kappa shape index (κ1) is 16.1. The Morgan fingerprint density at radius 2 is 1.95 bits per heavy atom. The summed E-state index contributed by atoms with van der Waals surface area (Å²) in [6.07, 6.45) is 1.01. The van der Waals surface area contributed by atoms with E-state index in [9.17, 15) is 0 Å². The Kier molecular flexibility index (Phi) is 6.99. The fourth-order valence-corrected chi connectivity index (χ4v) is 2.17. The van der Waals surface area contributed by atoms with E-state index in [1.807, 2.05) is 12.1 Å². The van der Waals surface area contributed by atoms with E-state index in [-0.39, 0.29) is 0 Å². The van der Waals surface area contributed by atoms with Gasteiger partial charge in [-0.1, -0.05) is 18.5 Å². The van der Waals surface area contributed by atoms with Gasteiger partial charge in [0.05, 0.1) is 25.8 Å². The Hall–Kier alpha value is -0.970. The van der Waals surface area contributed by atoms with Crippen LogP contribution in [0.3, 0.4) is 0 Å². The van der Waals surface area contributed by atoms with Crippen LogP contribution < -0.4 is 14.8 Å². The molecule has 0 saturated heterocycles. The van der Waals surface area contributed by atoms with Crippen molar-refractivity contribution in [1.82, 2.24) is 5.32 Å². The number of methoxy groups -OCH3 is 3. The van der Waals surface area contributed by atoms with Crippen molar-refractivity contribution in [2.75, 3.05) is 27.9 Å². The summed E-state index contributed by atoms with van der Waals surface area (Å²) in [6.45, 7) is 3.53. The zero-order valence-corrected chi connectivity index (χ0v) is 12.7. The molecule has 0 aliphatic rings. The zero-order valence-electron chi connectivity index (χ0n) is 12.0. The molecule has 19 heavy (non-hydrogen) atoms. The van der Waals surface area contributed by atoms with Gasteiger partial charge in [0.1, 0.15) is 0 Å². The molecular formula is C14H22ClNO3. The van der Waals surface area contributed by atoms with E-state index in [1.165, 1.54) is 0 Å². The molecule has 0 aliphatic carbocycles. The molecule has 1 aromatic rings. The number of ether oxygens (including phenoxy) is 3. The summed E-state index contributed by atoms with van der Waals surface area (Å²) in [4.78, 5) is 0. The van der Waals surface area contributed by atoms with E-state index in [0.717, 1.165) is 12.0 Å². The lowest BCUT2D eigenvalue weighted by atomic mass is 10.1. The second-order valence-electron chi connectivity index (χ2n) is 4.25. The highest BCUT2D eigenvalue weighted by Crippen LogP contribution is 2.35. The number of hydrogen-bond acceptors (Lipinski definition) is 4. The van der Waals surface area contributed by atoms with Gasteiger partial charge in [-0.3, -0.25) is 0 Å². The van der Waals surface area contributed by atoms with Crippen molar-refractivity contribution in [3.05, 3.63) is 22.7 Å². The summed E-state index contributed by atoms with van der Waals surface area (Å²) in [7, 11) is 4.89. The van der Waals surface area contributed by atoms with E-state index in [4.69, 9.17) is 25.8 Å². The van der Waals surface area contributed by atoms with Crippen LogP contribution in [-0.2, 0) is 11.3 Å². The van der Waals surface area contributed by atoms with Crippen molar-refractivity contribution in [1.29, 1.82) is 0 Å². The third kappa shape index (κ3) is 4.56. The van der Waals surface area contributed by atoms with Crippen LogP contribution in [0.25, 0.3) is 0 Å². The summed E-state index contributed by atoms with van der Waals surface area (Å²) in [6, 6.07) is 4.14. The lowest BCUT2D eigenvalue weighted by Gasteiger charge is -2.17. The minimum Gasteiger partial charge on any atom is -0.493 e. The third-order valence-corrected chi connectivity index (χ3v) is 3.23. The Morgan fingerprint density at radius 1 is 1.21 bits per heavy atom. The molecule has 0 aromatic heterocycles.